The van der Waals surface area contributed by atoms with E-state index in [9.17, 15) is 14.9 Å². The first-order valence-electron chi connectivity index (χ1n) is 3.53. The van der Waals surface area contributed by atoms with Gasteiger partial charge in [-0.1, -0.05) is 0 Å². The molecule has 1 aromatic rings. The largest absolute Gasteiger partial charge is 0.464 e. The lowest BCUT2D eigenvalue weighted by Gasteiger charge is -2.02. The first-order valence-corrected chi connectivity index (χ1v) is 3.91. The molecule has 80 valence electrons. The van der Waals surface area contributed by atoms with Gasteiger partial charge in [-0.15, -0.1) is 0 Å². The van der Waals surface area contributed by atoms with E-state index in [1.165, 1.54) is 0 Å². The Morgan fingerprint density at radius 1 is 1.60 bits per heavy atom. The van der Waals surface area contributed by atoms with Crippen LogP contribution in [0.1, 0.15) is 10.5 Å². The van der Waals surface area contributed by atoms with Crippen molar-refractivity contribution in [2.45, 2.75) is 0 Å². The first-order chi connectivity index (χ1) is 6.97. The maximum atomic E-state index is 11.1. The number of rotatable bonds is 2. The molecule has 0 spiro atoms. The van der Waals surface area contributed by atoms with Crippen LogP contribution in [0.3, 0.4) is 0 Å². The Labute approximate surface area is 88.2 Å². The molecule has 0 amide bonds. The summed E-state index contributed by atoms with van der Waals surface area (Å²) in [7, 11) is 1.05. The number of carbonyl (C=O) groups excluding carboxylic acids is 1. The molecule has 0 radical (unpaired) electrons. The number of nitro groups is 1. The summed E-state index contributed by atoms with van der Waals surface area (Å²) in [5, 5.41) is 10.2. The Hall–Kier alpha value is -1.96. The Kier molecular flexibility index (Phi) is 3.00. The third kappa shape index (κ3) is 2.10. The minimum absolute atomic E-state index is 0.362. The molecular weight excluding hydrogens is 228 g/mol. The number of carbonyl (C=O) groups is 1. The van der Waals surface area contributed by atoms with Crippen LogP contribution < -0.4 is 5.73 Å². The molecule has 0 fully saturated rings. The molecule has 0 saturated heterocycles. The number of nitrogens with two attached hydrogens (primary N) is 1. The van der Waals surface area contributed by atoms with Crippen LogP contribution >= 0.6 is 11.6 Å². The molecule has 9 heteroatoms. The van der Waals surface area contributed by atoms with Gasteiger partial charge in [0.2, 0.25) is 16.8 Å². The van der Waals surface area contributed by atoms with Crippen molar-refractivity contribution in [3.05, 3.63) is 21.1 Å². The highest BCUT2D eigenvalue weighted by atomic mass is 35.5. The topological polar surface area (TPSA) is 121 Å². The van der Waals surface area contributed by atoms with Crippen molar-refractivity contribution in [1.29, 1.82) is 0 Å². The van der Waals surface area contributed by atoms with E-state index < -0.39 is 28.1 Å². The van der Waals surface area contributed by atoms with Crippen LogP contribution in [-0.4, -0.2) is 28.0 Å². The molecule has 0 aliphatic rings. The highest BCUT2D eigenvalue weighted by Crippen LogP contribution is 2.24. The molecule has 1 heterocycles. The zero-order valence-electron chi connectivity index (χ0n) is 7.43. The molecule has 0 unspecified atom stereocenters. The van der Waals surface area contributed by atoms with Crippen LogP contribution in [0.2, 0.25) is 5.28 Å². The zero-order chi connectivity index (χ0) is 11.6. The number of halogens is 1. The molecule has 1 rings (SSSR count). The van der Waals surface area contributed by atoms with Crippen molar-refractivity contribution < 1.29 is 14.5 Å². The summed E-state index contributed by atoms with van der Waals surface area (Å²) in [6.07, 6.45) is 0. The molecule has 0 atom stereocenters. The highest BCUT2D eigenvalue weighted by molar-refractivity contribution is 6.28. The monoisotopic (exact) mass is 232 g/mol. The summed E-state index contributed by atoms with van der Waals surface area (Å²) in [6, 6.07) is 0. The number of anilines is 1. The predicted molar refractivity (Wildman–Crippen MR) is 49.4 cm³/mol. The fourth-order valence-electron chi connectivity index (χ4n) is 0.863. The van der Waals surface area contributed by atoms with Crippen molar-refractivity contribution in [2.75, 3.05) is 12.8 Å². The van der Waals surface area contributed by atoms with Gasteiger partial charge in [0, 0.05) is 0 Å². The summed E-state index contributed by atoms with van der Waals surface area (Å²) in [4.78, 5) is 27.5. The maximum Gasteiger partial charge on any atom is 0.364 e. The molecule has 15 heavy (non-hydrogen) atoms. The first kappa shape index (κ1) is 11.1. The number of hydrogen-bond acceptors (Lipinski definition) is 7. The van der Waals surface area contributed by atoms with Gasteiger partial charge in [-0.25, -0.2) is 9.78 Å². The van der Waals surface area contributed by atoms with Crippen LogP contribution in [0.5, 0.6) is 0 Å². The summed E-state index contributed by atoms with van der Waals surface area (Å²) in [6.45, 7) is 0. The lowest BCUT2D eigenvalue weighted by molar-refractivity contribution is -0.384. The minimum Gasteiger partial charge on any atom is -0.464 e. The lowest BCUT2D eigenvalue weighted by Crippen LogP contribution is -2.12. The van der Waals surface area contributed by atoms with Gasteiger partial charge in [0.1, 0.15) is 0 Å². The van der Waals surface area contributed by atoms with Gasteiger partial charge in [-0.2, -0.15) is 4.98 Å². The minimum atomic E-state index is -1.00. The highest BCUT2D eigenvalue weighted by Gasteiger charge is 2.28. The number of nitrogen functional groups attached to an aromatic ring is 1. The molecule has 0 saturated carbocycles. The number of methoxy groups -OCH3 is 1. The average Bonchev–Trinajstić information content (AvgIpc) is 2.14. The Bertz CT molecular complexity index is 435. The lowest BCUT2D eigenvalue weighted by atomic mass is 10.3. The summed E-state index contributed by atoms with van der Waals surface area (Å²) in [5.74, 6) is -1.49. The third-order valence-electron chi connectivity index (χ3n) is 1.45. The Morgan fingerprint density at radius 3 is 2.67 bits per heavy atom. The van der Waals surface area contributed by atoms with E-state index in [1.807, 2.05) is 0 Å². The number of nitrogens with zero attached hydrogens (tertiary/aromatic N) is 3. The van der Waals surface area contributed by atoms with Gasteiger partial charge in [0.15, 0.2) is 0 Å². The van der Waals surface area contributed by atoms with Gasteiger partial charge >= 0.3 is 11.7 Å². The predicted octanol–water partition coefficient (Wildman–Crippen LogP) is 0.407. The van der Waals surface area contributed by atoms with E-state index in [1.54, 1.807) is 0 Å². The van der Waals surface area contributed by atoms with Gasteiger partial charge in [-0.3, -0.25) is 10.1 Å². The smallest absolute Gasteiger partial charge is 0.364 e. The van der Waals surface area contributed by atoms with E-state index in [4.69, 9.17) is 17.3 Å². The summed E-state index contributed by atoms with van der Waals surface area (Å²) >= 11 is 5.40. The van der Waals surface area contributed by atoms with Gasteiger partial charge in [-0.05, 0) is 11.6 Å². The van der Waals surface area contributed by atoms with Gasteiger partial charge in [0.25, 0.3) is 0 Å². The second-order valence-electron chi connectivity index (χ2n) is 2.32. The van der Waals surface area contributed by atoms with Gasteiger partial charge in [0.05, 0.1) is 12.0 Å². The number of ether oxygens (including phenoxy) is 1. The SMILES string of the molecule is COC(=O)c1nc(Cl)nc(N)c1[N+](=O)[O-]. The van der Waals surface area contributed by atoms with Crippen molar-refractivity contribution >= 4 is 29.1 Å². The molecule has 0 aliphatic heterocycles. The Morgan fingerprint density at radius 2 is 2.20 bits per heavy atom. The number of aromatic nitrogens is 2. The molecular formula is C6H5ClN4O4. The Balaban J connectivity index is 3.46. The van der Waals surface area contributed by atoms with Gasteiger partial charge < -0.3 is 10.5 Å². The van der Waals surface area contributed by atoms with E-state index >= 15 is 0 Å². The zero-order valence-corrected chi connectivity index (χ0v) is 8.19. The summed E-state index contributed by atoms with van der Waals surface area (Å²) < 4.78 is 4.29. The van der Waals surface area contributed by atoms with Crippen LogP contribution in [0.15, 0.2) is 0 Å². The fourth-order valence-corrected chi connectivity index (χ4v) is 1.04. The normalized spacial score (nSPS) is 9.73. The van der Waals surface area contributed by atoms with E-state index in [0.29, 0.717) is 0 Å². The standard InChI is InChI=1S/C6H5ClN4O4/c1-15-5(12)2-3(11(13)14)4(8)10-6(7)9-2/h1H3,(H2,8,9,10). The molecule has 2 N–H and O–H groups in total. The van der Waals surface area contributed by atoms with Crippen LogP contribution in [0, 0.1) is 10.1 Å². The summed E-state index contributed by atoms with van der Waals surface area (Å²) in [5.41, 5.74) is 3.94. The van der Waals surface area contributed by atoms with Crippen molar-refractivity contribution in [3.63, 3.8) is 0 Å². The number of hydrogen-bond donors (Lipinski definition) is 1. The fraction of sp³-hybridized carbons (Fsp3) is 0.167. The second kappa shape index (κ2) is 4.05. The number of esters is 1. The quantitative estimate of drug-likeness (QED) is 0.339. The maximum absolute atomic E-state index is 11.1. The van der Waals surface area contributed by atoms with Crippen molar-refractivity contribution in [3.8, 4) is 0 Å². The van der Waals surface area contributed by atoms with Crippen molar-refractivity contribution in [2.24, 2.45) is 0 Å². The van der Waals surface area contributed by atoms with Crippen LogP contribution in [-0.2, 0) is 4.74 Å². The molecule has 8 nitrogen and oxygen atoms in total. The molecule has 0 bridgehead atoms. The third-order valence-corrected chi connectivity index (χ3v) is 1.61. The second-order valence-corrected chi connectivity index (χ2v) is 2.66. The van der Waals surface area contributed by atoms with E-state index in [0.717, 1.165) is 7.11 Å². The van der Waals surface area contributed by atoms with E-state index in [2.05, 4.69) is 14.7 Å². The van der Waals surface area contributed by atoms with Crippen LogP contribution in [0.25, 0.3) is 0 Å². The van der Waals surface area contributed by atoms with Crippen molar-refractivity contribution in [1.82, 2.24) is 9.97 Å². The molecule has 0 aromatic carbocycles. The van der Waals surface area contributed by atoms with Crippen LogP contribution in [0.4, 0.5) is 11.5 Å². The average molecular weight is 233 g/mol. The molecule has 1 aromatic heterocycles. The van der Waals surface area contributed by atoms with E-state index in [-0.39, 0.29) is 5.28 Å². The molecule has 0 aliphatic carbocycles.